The second-order valence-corrected chi connectivity index (χ2v) is 5.93. The number of aliphatic hydroxyl groups excluding tert-OH is 1. The van der Waals surface area contributed by atoms with Gasteiger partial charge in [0, 0.05) is 6.61 Å². The Bertz CT molecular complexity index is 324. The third-order valence-electron chi connectivity index (χ3n) is 1.79. The molecule has 0 bridgehead atoms. The van der Waals surface area contributed by atoms with Gasteiger partial charge >= 0.3 is 15.6 Å². The van der Waals surface area contributed by atoms with Crippen molar-refractivity contribution in [1.29, 1.82) is 0 Å². The molecule has 1 aliphatic rings. The summed E-state index contributed by atoms with van der Waals surface area (Å²) in [5, 5.41) is 9.25. The predicted octanol–water partition coefficient (Wildman–Crippen LogP) is -0.638. The molecule has 1 heterocycles. The molecule has 1 saturated heterocycles. The third kappa shape index (κ3) is 5.01. The molecule has 0 amide bonds. The summed E-state index contributed by atoms with van der Waals surface area (Å²) in [4.78, 5) is 25.5. The number of hydrogen-bond acceptors (Lipinski definition) is 6. The van der Waals surface area contributed by atoms with Gasteiger partial charge in [0.25, 0.3) is 0 Å². The molecule has 1 aliphatic heterocycles. The molecular weight excluding hydrogens is 266 g/mol. The Morgan fingerprint density at radius 3 is 2.38 bits per heavy atom. The number of phosphoric ester groups is 1. The smallest absolute Gasteiger partial charge is 0.390 e. The Balaban J connectivity index is 2.41. The maximum Gasteiger partial charge on any atom is 0.481 e. The number of hydrogen-bond donors (Lipinski definition) is 4. The normalized spacial score (nSPS) is 30.2. The maximum absolute atomic E-state index is 11.0. The van der Waals surface area contributed by atoms with Crippen LogP contribution in [0, 0.1) is 0 Å². The maximum atomic E-state index is 11.0. The zero-order valence-corrected chi connectivity index (χ0v) is 9.79. The molecule has 0 saturated carbocycles. The Hall–Kier alpha value is 0.180. The summed E-state index contributed by atoms with van der Waals surface area (Å²) in [6.45, 7) is -0.209. The minimum Gasteiger partial charge on any atom is -0.390 e. The van der Waals surface area contributed by atoms with E-state index >= 15 is 0 Å². The molecule has 0 radical (unpaired) electrons. The highest BCUT2D eigenvalue weighted by Gasteiger charge is 2.35. The van der Waals surface area contributed by atoms with Gasteiger partial charge < -0.3 is 24.5 Å². The van der Waals surface area contributed by atoms with Crippen LogP contribution in [-0.4, -0.2) is 45.2 Å². The Labute approximate surface area is 90.8 Å². The van der Waals surface area contributed by atoms with Gasteiger partial charge in [0.15, 0.2) is 0 Å². The fourth-order valence-electron chi connectivity index (χ4n) is 1.12. The first-order chi connectivity index (χ1) is 7.20. The van der Waals surface area contributed by atoms with Crippen LogP contribution in [0.5, 0.6) is 0 Å². The second-order valence-electron chi connectivity index (χ2n) is 3.10. The van der Waals surface area contributed by atoms with Crippen molar-refractivity contribution in [2.24, 2.45) is 0 Å². The van der Waals surface area contributed by atoms with E-state index in [2.05, 4.69) is 8.83 Å². The van der Waals surface area contributed by atoms with Gasteiger partial charge in [-0.1, -0.05) is 0 Å². The summed E-state index contributed by atoms with van der Waals surface area (Å²) in [5.41, 5.74) is 0. The first kappa shape index (κ1) is 14.2. The molecule has 0 spiro atoms. The minimum atomic E-state index is -5.11. The van der Waals surface area contributed by atoms with Crippen LogP contribution in [0.1, 0.15) is 6.42 Å². The van der Waals surface area contributed by atoms with Crippen LogP contribution >= 0.6 is 15.6 Å². The van der Waals surface area contributed by atoms with Gasteiger partial charge in [0.05, 0.1) is 12.7 Å². The summed E-state index contributed by atoms with van der Waals surface area (Å²) < 4.78 is 34.0. The van der Waals surface area contributed by atoms with Gasteiger partial charge in [-0.2, -0.15) is 4.31 Å². The average Bonchev–Trinajstić information content (AvgIpc) is 2.43. The molecule has 11 heteroatoms. The number of ether oxygens (including phenoxy) is 1. The summed E-state index contributed by atoms with van der Waals surface area (Å²) in [6.07, 6.45) is -1.28. The van der Waals surface area contributed by atoms with E-state index in [0.717, 1.165) is 0 Å². The lowest BCUT2D eigenvalue weighted by Gasteiger charge is -2.16. The highest BCUT2D eigenvalue weighted by Crippen LogP contribution is 2.57. The molecule has 9 nitrogen and oxygen atoms in total. The van der Waals surface area contributed by atoms with E-state index in [1.807, 2.05) is 0 Å². The minimum absolute atomic E-state index is 0.282. The molecular formula is C5H12O9P2. The van der Waals surface area contributed by atoms with Crippen molar-refractivity contribution in [3.05, 3.63) is 0 Å². The number of rotatable bonds is 5. The molecule has 3 atom stereocenters. The van der Waals surface area contributed by atoms with E-state index in [-0.39, 0.29) is 6.61 Å². The molecule has 0 aromatic carbocycles. The lowest BCUT2D eigenvalue weighted by atomic mass is 10.2. The van der Waals surface area contributed by atoms with Crippen molar-refractivity contribution in [2.75, 3.05) is 13.2 Å². The van der Waals surface area contributed by atoms with Crippen LogP contribution in [0.15, 0.2) is 0 Å². The van der Waals surface area contributed by atoms with Crippen molar-refractivity contribution in [3.63, 3.8) is 0 Å². The first-order valence-electron chi connectivity index (χ1n) is 4.23. The van der Waals surface area contributed by atoms with E-state index in [9.17, 15) is 14.2 Å². The van der Waals surface area contributed by atoms with Gasteiger partial charge in [-0.25, -0.2) is 9.13 Å². The topological polar surface area (TPSA) is 143 Å². The summed E-state index contributed by atoms with van der Waals surface area (Å²) in [6, 6.07) is 0. The highest BCUT2D eigenvalue weighted by molar-refractivity contribution is 7.60. The molecule has 1 rings (SSSR count). The van der Waals surface area contributed by atoms with Crippen molar-refractivity contribution < 1.29 is 42.5 Å². The second kappa shape index (κ2) is 5.22. The molecule has 16 heavy (non-hydrogen) atoms. The molecule has 0 aromatic heterocycles. The zero-order chi connectivity index (χ0) is 12.4. The van der Waals surface area contributed by atoms with E-state index in [1.165, 1.54) is 0 Å². The SMILES string of the molecule is O=P(O)(O)OP(=O)(O)OC[C@H]1OCC[C@@H]1O. The van der Waals surface area contributed by atoms with Crippen LogP contribution < -0.4 is 0 Å². The standard InChI is InChI=1S/C5H12O9P2/c6-4-1-2-12-5(4)3-13-16(10,11)14-15(7,8)9/h4-6H,1-3H2,(H,10,11)(H2,7,8,9)/t4-,5+/m0/s1. The van der Waals surface area contributed by atoms with Gasteiger partial charge in [0.1, 0.15) is 6.10 Å². The quantitative estimate of drug-likeness (QED) is 0.483. The van der Waals surface area contributed by atoms with E-state index < -0.39 is 34.5 Å². The first-order valence-corrected chi connectivity index (χ1v) is 7.26. The number of phosphoric acid groups is 2. The molecule has 1 unspecified atom stereocenters. The Morgan fingerprint density at radius 2 is 1.94 bits per heavy atom. The van der Waals surface area contributed by atoms with Crippen LogP contribution in [0.2, 0.25) is 0 Å². The van der Waals surface area contributed by atoms with E-state index in [4.69, 9.17) is 19.4 Å². The van der Waals surface area contributed by atoms with Gasteiger partial charge in [0.2, 0.25) is 0 Å². The third-order valence-corrected chi connectivity index (χ3v) is 3.94. The molecule has 1 fully saturated rings. The van der Waals surface area contributed by atoms with Gasteiger partial charge in [-0.3, -0.25) is 4.52 Å². The van der Waals surface area contributed by atoms with E-state index in [0.29, 0.717) is 6.42 Å². The lowest BCUT2D eigenvalue weighted by Crippen LogP contribution is -2.25. The highest BCUT2D eigenvalue weighted by atomic mass is 31.3. The van der Waals surface area contributed by atoms with Crippen LogP contribution in [0.25, 0.3) is 0 Å². The van der Waals surface area contributed by atoms with Crippen molar-refractivity contribution >= 4 is 15.6 Å². The molecule has 0 aromatic rings. The van der Waals surface area contributed by atoms with Crippen LogP contribution in [-0.2, 0) is 22.7 Å². The predicted molar refractivity (Wildman–Crippen MR) is 49.3 cm³/mol. The lowest BCUT2D eigenvalue weighted by molar-refractivity contribution is 0.00362. The Morgan fingerprint density at radius 1 is 1.31 bits per heavy atom. The average molecular weight is 278 g/mol. The zero-order valence-electron chi connectivity index (χ0n) is 8.00. The fourth-order valence-corrected chi connectivity index (χ4v) is 2.72. The van der Waals surface area contributed by atoms with Crippen molar-refractivity contribution in [3.8, 4) is 0 Å². The summed E-state index contributed by atoms with van der Waals surface area (Å²) in [5.74, 6) is 0. The summed E-state index contributed by atoms with van der Waals surface area (Å²) in [7, 11) is -9.95. The largest absolute Gasteiger partial charge is 0.481 e. The summed E-state index contributed by atoms with van der Waals surface area (Å²) >= 11 is 0. The van der Waals surface area contributed by atoms with E-state index in [1.54, 1.807) is 0 Å². The monoisotopic (exact) mass is 278 g/mol. The van der Waals surface area contributed by atoms with Gasteiger partial charge in [-0.15, -0.1) is 0 Å². The molecule has 0 aliphatic carbocycles. The Kier molecular flexibility index (Phi) is 4.65. The molecule has 4 N–H and O–H groups in total. The van der Waals surface area contributed by atoms with Crippen LogP contribution in [0.3, 0.4) is 0 Å². The fraction of sp³-hybridized carbons (Fsp3) is 1.00. The van der Waals surface area contributed by atoms with Crippen LogP contribution in [0.4, 0.5) is 0 Å². The van der Waals surface area contributed by atoms with Crippen molar-refractivity contribution in [2.45, 2.75) is 18.6 Å². The number of aliphatic hydroxyl groups is 1. The van der Waals surface area contributed by atoms with Crippen molar-refractivity contribution in [1.82, 2.24) is 0 Å². The molecule has 96 valence electrons. The van der Waals surface area contributed by atoms with Gasteiger partial charge in [-0.05, 0) is 6.42 Å².